The fourth-order valence-electron chi connectivity index (χ4n) is 5.25. The van der Waals surface area contributed by atoms with E-state index in [-0.39, 0.29) is 21.7 Å². The molecule has 0 aromatic heterocycles. The third kappa shape index (κ3) is 12.6. The Bertz CT molecular complexity index is 871. The quantitative estimate of drug-likeness (QED) is 0.0422. The highest BCUT2D eigenvalue weighted by Gasteiger charge is 2.39. The molecule has 0 spiro atoms. The Morgan fingerprint density at radius 3 is 1.20 bits per heavy atom. The van der Waals surface area contributed by atoms with Crippen LogP contribution in [-0.2, 0) is 0 Å². The van der Waals surface area contributed by atoms with E-state index in [2.05, 4.69) is 13.8 Å². The lowest BCUT2D eigenvalue weighted by Gasteiger charge is -2.24. The maximum atomic E-state index is 12.4. The fourth-order valence-corrected chi connectivity index (χ4v) is 8.38. The standard InChI is InChI=1S/C32H48N2O4S2/c1-3-5-7-9-11-19-25-29(27-21-15-13-16-22-27)31(33(35)36)39-40-32(34(37)38)30(28-23-17-14-18-24-28)26-20-12-10-8-6-4-2/h13-18,21-24,29-32H,3-12,19-20,25-26H2,1-2H3. The summed E-state index contributed by atoms with van der Waals surface area (Å²) in [7, 11) is 2.18. The van der Waals surface area contributed by atoms with Crippen LogP contribution in [0.15, 0.2) is 60.7 Å². The number of unbranched alkanes of at least 4 members (excludes halogenated alkanes) is 10. The van der Waals surface area contributed by atoms with Gasteiger partial charge in [-0.1, -0.05) is 152 Å². The van der Waals surface area contributed by atoms with Crippen LogP contribution in [0, 0.1) is 20.2 Å². The van der Waals surface area contributed by atoms with Gasteiger partial charge in [0.2, 0.25) is 0 Å². The van der Waals surface area contributed by atoms with Crippen LogP contribution in [0.3, 0.4) is 0 Å². The zero-order chi connectivity index (χ0) is 29.0. The van der Waals surface area contributed by atoms with Crippen LogP contribution in [0.1, 0.15) is 127 Å². The molecule has 222 valence electrons. The second kappa shape index (κ2) is 20.8. The first kappa shape index (κ1) is 34.1. The molecule has 0 N–H and O–H groups in total. The van der Waals surface area contributed by atoms with Crippen molar-refractivity contribution in [2.45, 2.75) is 126 Å². The number of rotatable bonds is 23. The maximum absolute atomic E-state index is 12.4. The Morgan fingerprint density at radius 1 is 0.550 bits per heavy atom. The molecule has 0 radical (unpaired) electrons. The normalized spacial score (nSPS) is 14.3. The van der Waals surface area contributed by atoms with Gasteiger partial charge in [0, 0.05) is 9.85 Å². The molecular weight excluding hydrogens is 540 g/mol. The van der Waals surface area contributed by atoms with Crippen molar-refractivity contribution in [3.63, 3.8) is 0 Å². The number of nitrogens with zero attached hydrogens (tertiary/aromatic N) is 2. The van der Waals surface area contributed by atoms with Crippen molar-refractivity contribution in [2.24, 2.45) is 0 Å². The van der Waals surface area contributed by atoms with Gasteiger partial charge in [-0.2, -0.15) is 0 Å². The highest BCUT2D eigenvalue weighted by atomic mass is 33.1. The molecule has 0 saturated carbocycles. The van der Waals surface area contributed by atoms with E-state index in [1.807, 2.05) is 60.7 Å². The average molecular weight is 589 g/mol. The lowest BCUT2D eigenvalue weighted by Crippen LogP contribution is -2.27. The summed E-state index contributed by atoms with van der Waals surface area (Å²) in [6.45, 7) is 4.38. The molecule has 40 heavy (non-hydrogen) atoms. The van der Waals surface area contributed by atoms with Gasteiger partial charge in [0.15, 0.2) is 0 Å². The molecule has 0 saturated heterocycles. The van der Waals surface area contributed by atoms with Crippen molar-refractivity contribution in [2.75, 3.05) is 0 Å². The SMILES string of the molecule is CCCCCCCCC(c1ccccc1)C(SSC(C(CCCCCCCC)c1ccccc1)[N+](=O)[O-])[N+](=O)[O-]. The summed E-state index contributed by atoms with van der Waals surface area (Å²) in [4.78, 5) is 24.4. The molecule has 4 atom stereocenters. The van der Waals surface area contributed by atoms with Gasteiger partial charge in [-0.05, 0) is 45.6 Å². The average Bonchev–Trinajstić information content (AvgIpc) is 2.96. The highest BCUT2D eigenvalue weighted by Crippen LogP contribution is 2.45. The Kier molecular flexibility index (Phi) is 17.7. The zero-order valence-corrected chi connectivity index (χ0v) is 26.0. The van der Waals surface area contributed by atoms with Crippen molar-refractivity contribution in [1.29, 1.82) is 0 Å². The van der Waals surface area contributed by atoms with E-state index in [9.17, 15) is 20.2 Å². The molecule has 2 aromatic carbocycles. The molecule has 0 aliphatic rings. The largest absolute Gasteiger partial charge is 0.274 e. The predicted octanol–water partition coefficient (Wildman–Crippen LogP) is 10.6. The summed E-state index contributed by atoms with van der Waals surface area (Å²) in [5, 5.41) is 22.9. The number of hydrogen-bond acceptors (Lipinski definition) is 6. The van der Waals surface area contributed by atoms with Gasteiger partial charge in [-0.25, -0.2) is 0 Å². The molecule has 0 aliphatic carbocycles. The van der Waals surface area contributed by atoms with Gasteiger partial charge in [-0.3, -0.25) is 20.2 Å². The molecule has 0 heterocycles. The maximum Gasteiger partial charge on any atom is 0.274 e. The van der Waals surface area contributed by atoms with Gasteiger partial charge in [0.25, 0.3) is 10.7 Å². The van der Waals surface area contributed by atoms with E-state index < -0.39 is 10.7 Å². The summed E-state index contributed by atoms with van der Waals surface area (Å²) >= 11 is 0. The summed E-state index contributed by atoms with van der Waals surface area (Å²) in [6.07, 6.45) is 14.8. The van der Waals surface area contributed by atoms with Crippen molar-refractivity contribution in [3.05, 3.63) is 92.0 Å². The van der Waals surface area contributed by atoms with E-state index in [4.69, 9.17) is 0 Å². The van der Waals surface area contributed by atoms with Gasteiger partial charge in [-0.15, -0.1) is 0 Å². The molecule has 2 aromatic rings. The van der Waals surface area contributed by atoms with Crippen LogP contribution in [0.5, 0.6) is 0 Å². The minimum Gasteiger partial charge on any atom is -0.263 e. The van der Waals surface area contributed by atoms with E-state index in [0.717, 1.165) is 71.2 Å². The first-order chi connectivity index (χ1) is 19.5. The van der Waals surface area contributed by atoms with Crippen LogP contribution in [0.4, 0.5) is 0 Å². The predicted molar refractivity (Wildman–Crippen MR) is 171 cm³/mol. The lowest BCUT2D eigenvalue weighted by molar-refractivity contribution is -0.500. The minimum absolute atomic E-state index is 0.228. The fraction of sp³-hybridized carbons (Fsp3) is 0.625. The van der Waals surface area contributed by atoms with E-state index in [0.29, 0.717) is 12.8 Å². The van der Waals surface area contributed by atoms with Crippen LogP contribution in [-0.4, -0.2) is 20.6 Å². The molecule has 0 fully saturated rings. The molecular formula is C32H48N2O4S2. The van der Waals surface area contributed by atoms with Gasteiger partial charge in [0.1, 0.15) is 0 Å². The molecule has 0 aliphatic heterocycles. The summed E-state index contributed by atoms with van der Waals surface area (Å²) < 4.78 is 0. The van der Waals surface area contributed by atoms with E-state index in [1.54, 1.807) is 0 Å². The summed E-state index contributed by atoms with van der Waals surface area (Å²) in [5.41, 5.74) is 1.88. The Balaban J connectivity index is 2.17. The topological polar surface area (TPSA) is 86.3 Å². The van der Waals surface area contributed by atoms with Crippen LogP contribution >= 0.6 is 21.6 Å². The number of hydrogen-bond donors (Lipinski definition) is 0. The second-order valence-corrected chi connectivity index (χ2v) is 13.2. The molecule has 0 bridgehead atoms. The summed E-state index contributed by atoms with van der Waals surface area (Å²) in [6, 6.07) is 19.4. The van der Waals surface area contributed by atoms with Gasteiger partial charge in [0.05, 0.1) is 11.8 Å². The molecule has 8 heteroatoms. The minimum atomic E-state index is -0.948. The molecule has 0 amide bonds. The van der Waals surface area contributed by atoms with Gasteiger partial charge < -0.3 is 0 Å². The summed E-state index contributed by atoms with van der Waals surface area (Å²) in [5.74, 6) is -0.581. The monoisotopic (exact) mass is 588 g/mol. The van der Waals surface area contributed by atoms with Crippen molar-refractivity contribution < 1.29 is 9.85 Å². The lowest BCUT2D eigenvalue weighted by atomic mass is 9.92. The third-order valence-electron chi connectivity index (χ3n) is 7.55. The van der Waals surface area contributed by atoms with Crippen molar-refractivity contribution >= 4 is 21.6 Å². The third-order valence-corrected chi connectivity index (χ3v) is 10.6. The van der Waals surface area contributed by atoms with E-state index in [1.165, 1.54) is 38.5 Å². The molecule has 6 nitrogen and oxygen atoms in total. The zero-order valence-electron chi connectivity index (χ0n) is 24.3. The second-order valence-electron chi connectivity index (χ2n) is 10.7. The van der Waals surface area contributed by atoms with Crippen LogP contribution in [0.2, 0.25) is 0 Å². The first-order valence-electron chi connectivity index (χ1n) is 15.2. The Morgan fingerprint density at radius 2 is 0.875 bits per heavy atom. The highest BCUT2D eigenvalue weighted by molar-refractivity contribution is 8.77. The van der Waals surface area contributed by atoms with Crippen molar-refractivity contribution in [3.8, 4) is 0 Å². The van der Waals surface area contributed by atoms with Gasteiger partial charge >= 0.3 is 0 Å². The van der Waals surface area contributed by atoms with Crippen molar-refractivity contribution in [1.82, 2.24) is 0 Å². The first-order valence-corrected chi connectivity index (χ1v) is 17.5. The smallest absolute Gasteiger partial charge is 0.263 e. The Labute approximate surface area is 249 Å². The molecule has 2 rings (SSSR count). The number of benzene rings is 2. The molecule has 4 unspecified atom stereocenters. The van der Waals surface area contributed by atoms with Crippen LogP contribution < -0.4 is 0 Å². The number of nitro groups is 2. The van der Waals surface area contributed by atoms with Crippen LogP contribution in [0.25, 0.3) is 0 Å². The Hall–Kier alpha value is -2.06. The van der Waals surface area contributed by atoms with E-state index >= 15 is 0 Å².